The first kappa shape index (κ1) is 23.6. The van der Waals surface area contributed by atoms with Crippen molar-refractivity contribution in [2.75, 3.05) is 11.9 Å². The van der Waals surface area contributed by atoms with Gasteiger partial charge in [0.1, 0.15) is 23.8 Å². The van der Waals surface area contributed by atoms with Gasteiger partial charge in [0.15, 0.2) is 5.01 Å². The molecule has 1 aliphatic heterocycles. The molecule has 0 bridgehead atoms. The maximum Gasteiger partial charge on any atom is 0.410 e. The van der Waals surface area contributed by atoms with Crippen LogP contribution in [0.15, 0.2) is 42.5 Å². The number of aromatic nitrogens is 2. The molecule has 2 amide bonds. The molecule has 0 atom stereocenters. The van der Waals surface area contributed by atoms with Crippen LogP contribution in [-0.4, -0.2) is 39.2 Å². The highest BCUT2D eigenvalue weighted by Crippen LogP contribution is 2.24. The summed E-state index contributed by atoms with van der Waals surface area (Å²) in [5.41, 5.74) is 1.98. The first-order chi connectivity index (χ1) is 16.2. The second-order valence-electron chi connectivity index (χ2n) is 8.83. The number of benzene rings is 2. The Labute approximate surface area is 200 Å². The van der Waals surface area contributed by atoms with Crippen LogP contribution in [0.4, 0.5) is 14.3 Å². The molecule has 1 aromatic heterocycles. The van der Waals surface area contributed by atoms with Crippen LogP contribution >= 0.6 is 11.3 Å². The van der Waals surface area contributed by atoms with Crippen LogP contribution in [0.5, 0.6) is 5.75 Å². The Balaban J connectivity index is 1.34. The van der Waals surface area contributed by atoms with Crippen molar-refractivity contribution in [1.82, 2.24) is 15.1 Å². The van der Waals surface area contributed by atoms with Gasteiger partial charge in [0.25, 0.3) is 5.91 Å². The van der Waals surface area contributed by atoms with E-state index in [4.69, 9.17) is 9.47 Å². The molecule has 10 heteroatoms. The maximum absolute atomic E-state index is 13.0. The minimum atomic E-state index is -0.545. The third kappa shape index (κ3) is 6.07. The second-order valence-corrected chi connectivity index (χ2v) is 9.90. The van der Waals surface area contributed by atoms with Gasteiger partial charge in [-0.05, 0) is 74.7 Å². The number of hydrogen-bond acceptors (Lipinski definition) is 7. The molecular formula is C24H25FN4O4S. The van der Waals surface area contributed by atoms with E-state index >= 15 is 0 Å². The molecule has 178 valence electrons. The third-order valence-corrected chi connectivity index (χ3v) is 5.81. The topological polar surface area (TPSA) is 93.7 Å². The maximum atomic E-state index is 13.0. The summed E-state index contributed by atoms with van der Waals surface area (Å²) in [6.07, 6.45) is 0.301. The highest BCUT2D eigenvalue weighted by molar-refractivity contribution is 7.15. The third-order valence-electron chi connectivity index (χ3n) is 5.00. The zero-order valence-electron chi connectivity index (χ0n) is 19.1. The van der Waals surface area contributed by atoms with Gasteiger partial charge in [0, 0.05) is 18.7 Å². The summed E-state index contributed by atoms with van der Waals surface area (Å²) < 4.78 is 24.0. The number of nitrogens with one attached hydrogen (secondary N) is 1. The standard InChI is InChI=1S/C24H25FN4O4S/c1-24(2,3)33-23(31)29-11-10-15-12-16(4-5-17(15)13-29)21(30)26-22-28-27-20(34-22)14-32-19-8-6-18(25)7-9-19/h4-9,12H,10-11,13-14H2,1-3H3,(H,26,28,30). The van der Waals surface area contributed by atoms with E-state index in [1.165, 1.54) is 35.6 Å². The molecule has 1 aliphatic rings. The lowest BCUT2D eigenvalue weighted by Gasteiger charge is -2.31. The molecule has 34 heavy (non-hydrogen) atoms. The fraction of sp³-hybridized carbons (Fsp3) is 0.333. The lowest BCUT2D eigenvalue weighted by atomic mass is 9.97. The number of anilines is 1. The number of nitrogens with zero attached hydrogens (tertiary/aromatic N) is 3. The van der Waals surface area contributed by atoms with E-state index in [0.717, 1.165) is 11.1 Å². The minimum absolute atomic E-state index is 0.159. The van der Waals surface area contributed by atoms with E-state index in [2.05, 4.69) is 15.5 Å². The zero-order valence-corrected chi connectivity index (χ0v) is 19.9. The summed E-state index contributed by atoms with van der Waals surface area (Å²) in [6.45, 7) is 6.65. The summed E-state index contributed by atoms with van der Waals surface area (Å²) in [5.74, 6) is -0.114. The van der Waals surface area contributed by atoms with Crippen molar-refractivity contribution in [3.63, 3.8) is 0 Å². The van der Waals surface area contributed by atoms with Crippen LogP contribution in [0.3, 0.4) is 0 Å². The average Bonchev–Trinajstić information content (AvgIpc) is 3.24. The Morgan fingerprint density at radius 1 is 1.12 bits per heavy atom. The highest BCUT2D eigenvalue weighted by Gasteiger charge is 2.26. The number of carbonyl (C=O) groups is 2. The van der Waals surface area contributed by atoms with Crippen molar-refractivity contribution in [1.29, 1.82) is 0 Å². The van der Waals surface area contributed by atoms with E-state index in [9.17, 15) is 14.0 Å². The van der Waals surface area contributed by atoms with Crippen LogP contribution in [0, 0.1) is 5.82 Å². The summed E-state index contributed by atoms with van der Waals surface area (Å²) in [4.78, 5) is 26.7. The van der Waals surface area contributed by atoms with Gasteiger partial charge in [-0.2, -0.15) is 0 Å². The molecule has 4 rings (SSSR count). The Morgan fingerprint density at radius 3 is 2.62 bits per heavy atom. The number of rotatable bonds is 5. The molecule has 0 unspecified atom stereocenters. The van der Waals surface area contributed by atoms with Crippen molar-refractivity contribution < 1.29 is 23.5 Å². The van der Waals surface area contributed by atoms with Gasteiger partial charge >= 0.3 is 6.09 Å². The number of halogens is 1. The van der Waals surface area contributed by atoms with Crippen LogP contribution in [-0.2, 0) is 24.3 Å². The quantitative estimate of drug-likeness (QED) is 0.559. The number of amides is 2. The molecular weight excluding hydrogens is 459 g/mol. The van der Waals surface area contributed by atoms with Crippen LogP contribution in [0.25, 0.3) is 0 Å². The lowest BCUT2D eigenvalue weighted by molar-refractivity contribution is 0.0224. The normalized spacial score (nSPS) is 13.2. The highest BCUT2D eigenvalue weighted by atomic mass is 32.1. The molecule has 0 radical (unpaired) electrons. The van der Waals surface area contributed by atoms with E-state index in [0.29, 0.717) is 41.0 Å². The molecule has 0 aliphatic carbocycles. The molecule has 0 fully saturated rings. The lowest BCUT2D eigenvalue weighted by Crippen LogP contribution is -2.39. The largest absolute Gasteiger partial charge is 0.486 e. The van der Waals surface area contributed by atoms with Gasteiger partial charge in [0.05, 0.1) is 0 Å². The fourth-order valence-electron chi connectivity index (χ4n) is 3.38. The molecule has 0 saturated carbocycles. The first-order valence-electron chi connectivity index (χ1n) is 10.8. The zero-order chi connectivity index (χ0) is 24.3. The van der Waals surface area contributed by atoms with Gasteiger partial charge in [-0.25, -0.2) is 9.18 Å². The van der Waals surface area contributed by atoms with E-state index in [-0.39, 0.29) is 24.4 Å². The van der Waals surface area contributed by atoms with E-state index in [1.807, 2.05) is 32.9 Å². The predicted octanol–water partition coefficient (Wildman–Crippen LogP) is 4.80. The molecule has 8 nitrogen and oxygen atoms in total. The van der Waals surface area contributed by atoms with Gasteiger partial charge in [-0.1, -0.05) is 17.4 Å². The first-order valence-corrected chi connectivity index (χ1v) is 11.6. The van der Waals surface area contributed by atoms with Gasteiger partial charge in [-0.3, -0.25) is 10.1 Å². The summed E-state index contributed by atoms with van der Waals surface area (Å²) in [7, 11) is 0. The molecule has 3 aromatic rings. The summed E-state index contributed by atoms with van der Waals surface area (Å²) in [5, 5.41) is 11.7. The Hall–Kier alpha value is -3.53. The molecule has 2 heterocycles. The predicted molar refractivity (Wildman–Crippen MR) is 125 cm³/mol. The van der Waals surface area contributed by atoms with Gasteiger partial charge in [-0.15, -0.1) is 10.2 Å². The minimum Gasteiger partial charge on any atom is -0.486 e. The van der Waals surface area contributed by atoms with Crippen LogP contribution in [0.1, 0.15) is 47.3 Å². The number of hydrogen-bond donors (Lipinski definition) is 1. The molecule has 0 spiro atoms. The van der Waals surface area contributed by atoms with Crippen LogP contribution < -0.4 is 10.1 Å². The van der Waals surface area contributed by atoms with Crippen molar-refractivity contribution >= 4 is 28.5 Å². The average molecular weight is 485 g/mol. The Kier molecular flexibility index (Phi) is 6.78. The van der Waals surface area contributed by atoms with Gasteiger partial charge < -0.3 is 14.4 Å². The second kappa shape index (κ2) is 9.76. The Morgan fingerprint density at radius 2 is 1.88 bits per heavy atom. The van der Waals surface area contributed by atoms with Crippen molar-refractivity contribution in [2.24, 2.45) is 0 Å². The Bertz CT molecular complexity index is 1190. The number of ether oxygens (including phenoxy) is 2. The van der Waals surface area contributed by atoms with Gasteiger partial charge in [0.2, 0.25) is 5.13 Å². The van der Waals surface area contributed by atoms with E-state index in [1.54, 1.807) is 11.0 Å². The monoisotopic (exact) mass is 484 g/mol. The SMILES string of the molecule is CC(C)(C)OC(=O)N1CCc2cc(C(=O)Nc3nnc(COc4ccc(F)cc4)s3)ccc2C1. The van der Waals surface area contributed by atoms with Crippen molar-refractivity contribution in [2.45, 2.75) is 45.9 Å². The number of fused-ring (bicyclic) bond motifs is 1. The smallest absolute Gasteiger partial charge is 0.410 e. The van der Waals surface area contributed by atoms with Crippen molar-refractivity contribution in [3.8, 4) is 5.75 Å². The summed E-state index contributed by atoms with van der Waals surface area (Å²) in [6, 6.07) is 11.1. The molecule has 1 N–H and O–H groups in total. The fourth-order valence-corrected chi connectivity index (χ4v) is 4.03. The summed E-state index contributed by atoms with van der Waals surface area (Å²) >= 11 is 1.20. The van der Waals surface area contributed by atoms with Crippen LogP contribution in [0.2, 0.25) is 0 Å². The number of carbonyl (C=O) groups excluding carboxylic acids is 2. The molecule has 0 saturated heterocycles. The van der Waals surface area contributed by atoms with Crippen molar-refractivity contribution in [3.05, 3.63) is 70.0 Å². The van der Waals surface area contributed by atoms with E-state index < -0.39 is 5.60 Å². The molecule has 2 aromatic carbocycles.